The van der Waals surface area contributed by atoms with Gasteiger partial charge in [0.1, 0.15) is 5.75 Å². The second kappa shape index (κ2) is 7.12. The number of carbonyl (C=O) groups is 1. The summed E-state index contributed by atoms with van der Waals surface area (Å²) in [5, 5.41) is 9.21. The van der Waals surface area contributed by atoms with Crippen molar-refractivity contribution in [1.82, 2.24) is 0 Å². The van der Waals surface area contributed by atoms with E-state index in [-0.39, 0.29) is 18.4 Å². The first kappa shape index (κ1) is 16.1. The Morgan fingerprint density at radius 2 is 1.50 bits per heavy atom. The van der Waals surface area contributed by atoms with E-state index in [1.165, 1.54) is 5.56 Å². The average molecular weight is 298 g/mol. The number of hydrogen-bond acceptors (Lipinski definition) is 2. The van der Waals surface area contributed by atoms with Crippen molar-refractivity contribution >= 4 is 5.97 Å². The zero-order valence-corrected chi connectivity index (χ0v) is 13.2. The zero-order chi connectivity index (χ0) is 16.1. The van der Waals surface area contributed by atoms with Crippen molar-refractivity contribution in [3.63, 3.8) is 0 Å². The molecule has 2 aromatic rings. The largest absolute Gasteiger partial charge is 0.491 e. The van der Waals surface area contributed by atoms with Crippen LogP contribution in [0, 0.1) is 6.92 Å². The number of rotatable bonds is 6. The van der Waals surface area contributed by atoms with Gasteiger partial charge in [0.05, 0.1) is 12.5 Å². The highest BCUT2D eigenvalue weighted by atomic mass is 16.5. The van der Waals surface area contributed by atoms with Crippen LogP contribution in [0.4, 0.5) is 0 Å². The van der Waals surface area contributed by atoms with Crippen LogP contribution >= 0.6 is 0 Å². The van der Waals surface area contributed by atoms with Crippen molar-refractivity contribution in [2.45, 2.75) is 39.2 Å². The third-order valence-corrected chi connectivity index (χ3v) is 3.51. The van der Waals surface area contributed by atoms with Crippen molar-refractivity contribution in [2.75, 3.05) is 0 Å². The van der Waals surface area contributed by atoms with Crippen molar-refractivity contribution in [3.05, 3.63) is 65.2 Å². The van der Waals surface area contributed by atoms with Crippen molar-refractivity contribution in [3.8, 4) is 5.75 Å². The second-order valence-corrected chi connectivity index (χ2v) is 5.80. The molecule has 0 radical (unpaired) electrons. The molecule has 3 nitrogen and oxygen atoms in total. The fourth-order valence-corrected chi connectivity index (χ4v) is 2.45. The van der Waals surface area contributed by atoms with Gasteiger partial charge in [0.25, 0.3) is 0 Å². The molecule has 0 saturated carbocycles. The number of aliphatic carboxylic acids is 1. The summed E-state index contributed by atoms with van der Waals surface area (Å²) in [6, 6.07) is 15.7. The van der Waals surface area contributed by atoms with E-state index in [0.29, 0.717) is 0 Å². The third-order valence-electron chi connectivity index (χ3n) is 3.51. The van der Waals surface area contributed by atoms with E-state index in [1.807, 2.05) is 69.3 Å². The molecular weight excluding hydrogens is 276 g/mol. The van der Waals surface area contributed by atoms with E-state index in [4.69, 9.17) is 4.74 Å². The predicted molar refractivity (Wildman–Crippen MR) is 87.5 cm³/mol. The van der Waals surface area contributed by atoms with Gasteiger partial charge in [-0.2, -0.15) is 0 Å². The SMILES string of the molecule is Cc1ccc([C@H](CC(=O)O)c2ccc(OC(C)C)cc2)cc1. The number of carboxylic acid groups (broad SMARTS) is 1. The molecule has 0 aliphatic heterocycles. The molecule has 0 heterocycles. The molecule has 0 aliphatic carbocycles. The fraction of sp³-hybridized carbons (Fsp3) is 0.316. The molecule has 0 fully saturated rings. The minimum Gasteiger partial charge on any atom is -0.491 e. The minimum absolute atomic E-state index is 0.0768. The van der Waals surface area contributed by atoms with Gasteiger partial charge >= 0.3 is 5.97 Å². The van der Waals surface area contributed by atoms with Crippen molar-refractivity contribution in [2.24, 2.45) is 0 Å². The smallest absolute Gasteiger partial charge is 0.304 e. The Morgan fingerprint density at radius 3 is 1.95 bits per heavy atom. The van der Waals surface area contributed by atoms with E-state index < -0.39 is 5.97 Å². The maximum atomic E-state index is 11.2. The van der Waals surface area contributed by atoms with Gasteiger partial charge in [-0.15, -0.1) is 0 Å². The van der Waals surface area contributed by atoms with Crippen LogP contribution in [0.25, 0.3) is 0 Å². The Hall–Kier alpha value is -2.29. The number of ether oxygens (including phenoxy) is 1. The normalized spacial score (nSPS) is 12.2. The van der Waals surface area contributed by atoms with Gasteiger partial charge in [0, 0.05) is 5.92 Å². The first-order valence-electron chi connectivity index (χ1n) is 7.50. The summed E-state index contributed by atoms with van der Waals surface area (Å²) < 4.78 is 5.64. The van der Waals surface area contributed by atoms with E-state index in [1.54, 1.807) is 0 Å². The summed E-state index contributed by atoms with van der Waals surface area (Å²) in [6.45, 7) is 5.98. The number of benzene rings is 2. The highest BCUT2D eigenvalue weighted by Gasteiger charge is 2.18. The van der Waals surface area contributed by atoms with E-state index in [9.17, 15) is 9.90 Å². The summed E-state index contributed by atoms with van der Waals surface area (Å²) in [5.74, 6) is -0.143. The van der Waals surface area contributed by atoms with E-state index >= 15 is 0 Å². The van der Waals surface area contributed by atoms with Crippen LogP contribution in [-0.2, 0) is 4.79 Å². The molecular formula is C19H22O3. The van der Waals surface area contributed by atoms with E-state index in [0.717, 1.165) is 16.9 Å². The third kappa shape index (κ3) is 4.35. The molecule has 0 unspecified atom stereocenters. The maximum Gasteiger partial charge on any atom is 0.304 e. The lowest BCUT2D eigenvalue weighted by molar-refractivity contribution is -0.137. The highest BCUT2D eigenvalue weighted by molar-refractivity contribution is 5.69. The molecule has 2 aromatic carbocycles. The van der Waals surface area contributed by atoms with Crippen LogP contribution in [0.3, 0.4) is 0 Å². The molecule has 0 saturated heterocycles. The predicted octanol–water partition coefficient (Wildman–Crippen LogP) is 4.39. The summed E-state index contributed by atoms with van der Waals surface area (Å²) in [6.07, 6.45) is 0.200. The molecule has 1 N–H and O–H groups in total. The van der Waals surface area contributed by atoms with Crippen LogP contribution in [0.5, 0.6) is 5.75 Å². The van der Waals surface area contributed by atoms with Gasteiger partial charge in [-0.1, -0.05) is 42.0 Å². The summed E-state index contributed by atoms with van der Waals surface area (Å²) in [5.41, 5.74) is 3.17. The van der Waals surface area contributed by atoms with Crippen LogP contribution in [0.15, 0.2) is 48.5 Å². The van der Waals surface area contributed by atoms with Crippen LogP contribution in [-0.4, -0.2) is 17.2 Å². The Bertz CT molecular complexity index is 612. The zero-order valence-electron chi connectivity index (χ0n) is 13.2. The number of carboxylic acids is 1. The summed E-state index contributed by atoms with van der Waals surface area (Å²) in [7, 11) is 0. The molecule has 0 bridgehead atoms. The summed E-state index contributed by atoms with van der Waals surface area (Å²) in [4.78, 5) is 11.2. The van der Waals surface area contributed by atoms with Gasteiger partial charge < -0.3 is 9.84 Å². The molecule has 116 valence electrons. The monoisotopic (exact) mass is 298 g/mol. The molecule has 2 rings (SSSR count). The minimum atomic E-state index is -0.798. The van der Waals surface area contributed by atoms with Crippen LogP contribution < -0.4 is 4.74 Å². The van der Waals surface area contributed by atoms with Crippen molar-refractivity contribution < 1.29 is 14.6 Å². The average Bonchev–Trinajstić information content (AvgIpc) is 2.46. The highest BCUT2D eigenvalue weighted by Crippen LogP contribution is 2.29. The Balaban J connectivity index is 2.28. The Morgan fingerprint density at radius 1 is 1.00 bits per heavy atom. The van der Waals surface area contributed by atoms with Crippen molar-refractivity contribution in [1.29, 1.82) is 0 Å². The molecule has 0 amide bonds. The Kier molecular flexibility index (Phi) is 5.21. The standard InChI is InChI=1S/C19H22O3/c1-13(2)22-17-10-8-16(9-11-17)18(12-19(20)21)15-6-4-14(3)5-7-15/h4-11,13,18H,12H2,1-3H3,(H,20,21)/t18-/m0/s1. The quantitative estimate of drug-likeness (QED) is 0.860. The second-order valence-electron chi connectivity index (χ2n) is 5.80. The van der Waals surface area contributed by atoms with E-state index in [2.05, 4.69) is 0 Å². The van der Waals surface area contributed by atoms with Gasteiger partial charge in [-0.25, -0.2) is 0 Å². The Labute approximate surface area is 131 Å². The van der Waals surface area contributed by atoms with Gasteiger partial charge in [-0.3, -0.25) is 4.79 Å². The summed E-state index contributed by atoms with van der Waals surface area (Å²) >= 11 is 0. The molecule has 0 spiro atoms. The van der Waals surface area contributed by atoms with Gasteiger partial charge in [0.15, 0.2) is 0 Å². The lowest BCUT2D eigenvalue weighted by Crippen LogP contribution is -2.09. The van der Waals surface area contributed by atoms with Crippen LogP contribution in [0.1, 0.15) is 42.9 Å². The molecule has 0 aliphatic rings. The fourth-order valence-electron chi connectivity index (χ4n) is 2.45. The topological polar surface area (TPSA) is 46.5 Å². The van der Waals surface area contributed by atoms with Gasteiger partial charge in [0.2, 0.25) is 0 Å². The first-order valence-corrected chi connectivity index (χ1v) is 7.50. The molecule has 3 heteroatoms. The number of hydrogen-bond donors (Lipinski definition) is 1. The lowest BCUT2D eigenvalue weighted by atomic mass is 9.88. The molecule has 0 aromatic heterocycles. The first-order chi connectivity index (χ1) is 10.5. The lowest BCUT2D eigenvalue weighted by Gasteiger charge is -2.17. The molecule has 1 atom stereocenters. The van der Waals surface area contributed by atoms with Crippen LogP contribution in [0.2, 0.25) is 0 Å². The molecule has 22 heavy (non-hydrogen) atoms. The maximum absolute atomic E-state index is 11.2. The number of aryl methyl sites for hydroxylation is 1. The van der Waals surface area contributed by atoms with Gasteiger partial charge in [-0.05, 0) is 44.0 Å².